The fraction of sp³-hybridized carbons (Fsp3) is 0.429. The maximum atomic E-state index is 14.9. The molecule has 0 saturated heterocycles. The molecule has 36 heavy (non-hydrogen) atoms. The Morgan fingerprint density at radius 3 is 2.36 bits per heavy atom. The second-order valence-corrected chi connectivity index (χ2v) is 8.79. The topological polar surface area (TPSA) is 81.1 Å². The summed E-state index contributed by atoms with van der Waals surface area (Å²) >= 11 is 0. The molecule has 8 heteroatoms. The second-order valence-electron chi connectivity index (χ2n) is 8.79. The Bertz CT molecular complexity index is 1290. The van der Waals surface area contributed by atoms with Crippen LogP contribution in [0.1, 0.15) is 65.9 Å². The molecule has 0 radical (unpaired) electrons. The van der Waals surface area contributed by atoms with Crippen molar-refractivity contribution in [2.75, 3.05) is 5.32 Å². The summed E-state index contributed by atoms with van der Waals surface area (Å²) in [6.07, 6.45) is 4.93. The number of hydrogen-bond acceptors (Lipinski definition) is 4. The lowest BCUT2D eigenvalue weighted by molar-refractivity contribution is -0.117. The van der Waals surface area contributed by atoms with E-state index >= 15 is 0 Å². The van der Waals surface area contributed by atoms with Gasteiger partial charge in [0.05, 0.1) is 11.4 Å². The third kappa shape index (κ3) is 6.42. The van der Waals surface area contributed by atoms with Crippen molar-refractivity contribution in [2.45, 2.75) is 66.5 Å². The number of halogens is 2. The molecule has 2 atom stereocenters. The number of aromatic nitrogens is 2. The summed E-state index contributed by atoms with van der Waals surface area (Å²) in [6, 6.07) is 3.12. The SMILES string of the molecule is C=C(C(=O)CC)/C(F)=C(C)\C(=C/C)c1cc2cnc(NC(=O)C3CC3F)cc2n(C)c1=O.CCCC. The zero-order valence-corrected chi connectivity index (χ0v) is 21.9. The third-order valence-electron chi connectivity index (χ3n) is 6.14. The first-order chi connectivity index (χ1) is 17.0. The monoisotopic (exact) mass is 499 g/mol. The van der Waals surface area contributed by atoms with E-state index in [2.05, 4.69) is 30.7 Å². The number of ketones is 1. The number of rotatable bonds is 8. The summed E-state index contributed by atoms with van der Waals surface area (Å²) in [5.74, 6) is -2.05. The summed E-state index contributed by atoms with van der Waals surface area (Å²) in [5.41, 5.74) is 0.603. The zero-order chi connectivity index (χ0) is 27.2. The number of carbonyl (C=O) groups excluding carboxylic acids is 2. The number of fused-ring (bicyclic) bond motifs is 1. The molecule has 1 aliphatic rings. The van der Waals surface area contributed by atoms with E-state index in [0.29, 0.717) is 16.5 Å². The Morgan fingerprint density at radius 1 is 1.25 bits per heavy atom. The molecule has 1 aliphatic carbocycles. The van der Waals surface area contributed by atoms with Gasteiger partial charge in [-0.2, -0.15) is 0 Å². The first-order valence-electron chi connectivity index (χ1n) is 12.2. The van der Waals surface area contributed by atoms with Gasteiger partial charge >= 0.3 is 0 Å². The number of pyridine rings is 2. The van der Waals surface area contributed by atoms with Crippen LogP contribution in [0.4, 0.5) is 14.6 Å². The van der Waals surface area contributed by atoms with Crippen LogP contribution in [0, 0.1) is 5.92 Å². The van der Waals surface area contributed by atoms with Crippen molar-refractivity contribution in [1.82, 2.24) is 9.55 Å². The molecule has 1 N–H and O–H groups in total. The van der Waals surface area contributed by atoms with Gasteiger partial charge in [0.15, 0.2) is 5.78 Å². The molecule has 2 heterocycles. The van der Waals surface area contributed by atoms with Crippen LogP contribution >= 0.6 is 0 Å². The number of aryl methyl sites for hydroxylation is 1. The summed E-state index contributed by atoms with van der Waals surface area (Å²) in [4.78, 5) is 41.1. The number of amides is 1. The van der Waals surface area contributed by atoms with Crippen LogP contribution in [0.15, 0.2) is 52.8 Å². The van der Waals surface area contributed by atoms with E-state index in [-0.39, 0.29) is 40.9 Å². The molecule has 2 unspecified atom stereocenters. The lowest BCUT2D eigenvalue weighted by atomic mass is 9.95. The number of hydrogen-bond donors (Lipinski definition) is 1. The second kappa shape index (κ2) is 12.5. The van der Waals surface area contributed by atoms with Crippen molar-refractivity contribution in [1.29, 1.82) is 0 Å². The van der Waals surface area contributed by atoms with Gasteiger partial charge in [-0.25, -0.2) is 13.8 Å². The average molecular weight is 500 g/mol. The number of nitrogens with one attached hydrogen (secondary N) is 1. The van der Waals surface area contributed by atoms with Gasteiger partial charge in [0.2, 0.25) is 5.91 Å². The average Bonchev–Trinajstić information content (AvgIpc) is 3.62. The molecule has 2 aromatic rings. The minimum absolute atomic E-state index is 0.125. The Kier molecular flexibility index (Phi) is 10.0. The van der Waals surface area contributed by atoms with E-state index in [9.17, 15) is 23.2 Å². The van der Waals surface area contributed by atoms with Crippen LogP contribution < -0.4 is 10.9 Å². The summed E-state index contributed by atoms with van der Waals surface area (Å²) in [7, 11) is 1.56. The van der Waals surface area contributed by atoms with Crippen LogP contribution in [0.5, 0.6) is 0 Å². The largest absolute Gasteiger partial charge is 0.311 e. The van der Waals surface area contributed by atoms with Crippen molar-refractivity contribution >= 4 is 34.0 Å². The highest BCUT2D eigenvalue weighted by molar-refractivity contribution is 6.00. The first-order valence-corrected chi connectivity index (χ1v) is 12.2. The lowest BCUT2D eigenvalue weighted by Crippen LogP contribution is -2.22. The molecule has 6 nitrogen and oxygen atoms in total. The zero-order valence-electron chi connectivity index (χ0n) is 21.9. The van der Waals surface area contributed by atoms with Crippen molar-refractivity contribution in [3.63, 3.8) is 0 Å². The van der Waals surface area contributed by atoms with Crippen molar-refractivity contribution in [3.8, 4) is 0 Å². The third-order valence-corrected chi connectivity index (χ3v) is 6.14. The predicted octanol–water partition coefficient (Wildman–Crippen LogP) is 6.22. The van der Waals surface area contributed by atoms with E-state index in [1.165, 1.54) is 36.6 Å². The van der Waals surface area contributed by atoms with Gasteiger partial charge in [-0.3, -0.25) is 14.4 Å². The predicted molar refractivity (Wildman–Crippen MR) is 141 cm³/mol. The van der Waals surface area contributed by atoms with Crippen LogP contribution in [0.2, 0.25) is 0 Å². The van der Waals surface area contributed by atoms with Gasteiger partial charge in [0, 0.05) is 42.3 Å². The molecular weight excluding hydrogens is 464 g/mol. The molecule has 1 amide bonds. The van der Waals surface area contributed by atoms with Gasteiger partial charge in [-0.05, 0) is 37.5 Å². The first kappa shape index (κ1) is 28.8. The summed E-state index contributed by atoms with van der Waals surface area (Å²) in [6.45, 7) is 12.7. The van der Waals surface area contributed by atoms with Crippen LogP contribution in [0.25, 0.3) is 16.5 Å². The number of carbonyl (C=O) groups is 2. The number of alkyl halides is 1. The van der Waals surface area contributed by atoms with E-state index in [0.717, 1.165) is 0 Å². The molecule has 0 spiro atoms. The standard InChI is InChI=1S/C24H25F2N3O3.C4H10/c1-6-15(12(3)22(26)13(4)20(30)7-2)16-8-14-11-27-21(10-19(14)29(5)24(16)32)28-23(31)17-9-18(17)25;1-3-4-2/h6,8,10-11,17-18H,4,7,9H2,1-3,5H3,(H,27,28,31);3-4H2,1-2H3/b15-6+,22-12+;. The van der Waals surface area contributed by atoms with Crippen molar-refractivity contribution in [3.05, 3.63) is 63.9 Å². The van der Waals surface area contributed by atoms with Gasteiger partial charge in [0.25, 0.3) is 5.56 Å². The smallest absolute Gasteiger partial charge is 0.258 e. The molecular formula is C28H35F2N3O3. The quantitative estimate of drug-likeness (QED) is 0.345. The number of anilines is 1. The molecule has 3 rings (SSSR count). The molecule has 194 valence electrons. The molecule has 0 aromatic carbocycles. The maximum Gasteiger partial charge on any atom is 0.258 e. The Morgan fingerprint density at radius 2 is 1.86 bits per heavy atom. The molecule has 1 fully saturated rings. The number of Topliss-reactive ketones (excluding diaryl/α,β-unsaturated/α-hetero) is 1. The number of unbranched alkanes of at least 4 members (excludes halogenated alkanes) is 1. The lowest BCUT2D eigenvalue weighted by Gasteiger charge is -2.14. The Hall–Kier alpha value is -3.42. The molecule has 0 bridgehead atoms. The van der Waals surface area contributed by atoms with E-state index in [4.69, 9.17) is 0 Å². The van der Waals surface area contributed by atoms with E-state index in [1.807, 2.05) is 0 Å². The number of allylic oxidation sites excluding steroid dienone is 5. The van der Waals surface area contributed by atoms with Crippen LogP contribution in [-0.2, 0) is 16.6 Å². The molecule has 2 aromatic heterocycles. The van der Waals surface area contributed by atoms with Crippen molar-refractivity contribution < 1.29 is 18.4 Å². The van der Waals surface area contributed by atoms with Crippen LogP contribution in [-0.4, -0.2) is 27.4 Å². The van der Waals surface area contributed by atoms with Gasteiger partial charge in [-0.1, -0.05) is 46.3 Å². The minimum atomic E-state index is -1.12. The normalized spacial score (nSPS) is 17.6. The van der Waals surface area contributed by atoms with Crippen molar-refractivity contribution in [2.24, 2.45) is 13.0 Å². The maximum absolute atomic E-state index is 14.9. The highest BCUT2D eigenvalue weighted by atomic mass is 19.1. The molecule has 0 aliphatic heterocycles. The highest BCUT2D eigenvalue weighted by Gasteiger charge is 2.43. The molecule has 1 saturated carbocycles. The summed E-state index contributed by atoms with van der Waals surface area (Å²) < 4.78 is 29.4. The van der Waals surface area contributed by atoms with E-state index in [1.54, 1.807) is 33.0 Å². The summed E-state index contributed by atoms with van der Waals surface area (Å²) in [5, 5.41) is 3.16. The Labute approximate surface area is 210 Å². The highest BCUT2D eigenvalue weighted by Crippen LogP contribution is 2.35. The fourth-order valence-corrected chi connectivity index (χ4v) is 3.53. The number of nitrogens with zero attached hydrogens (tertiary/aromatic N) is 2. The fourth-order valence-electron chi connectivity index (χ4n) is 3.53. The van der Waals surface area contributed by atoms with Gasteiger partial charge < -0.3 is 9.88 Å². The van der Waals surface area contributed by atoms with Gasteiger partial charge in [0.1, 0.15) is 17.8 Å². The van der Waals surface area contributed by atoms with Gasteiger partial charge in [-0.15, -0.1) is 0 Å². The minimum Gasteiger partial charge on any atom is -0.311 e. The Balaban J connectivity index is 0.00000106. The van der Waals surface area contributed by atoms with E-state index < -0.39 is 29.6 Å². The van der Waals surface area contributed by atoms with Crippen LogP contribution in [0.3, 0.4) is 0 Å².